The van der Waals surface area contributed by atoms with E-state index in [4.69, 9.17) is 0 Å². The summed E-state index contributed by atoms with van der Waals surface area (Å²) >= 11 is 0. The van der Waals surface area contributed by atoms with Crippen molar-refractivity contribution in [3.63, 3.8) is 0 Å². The number of nitrogens with zero attached hydrogens (tertiary/aromatic N) is 3. The van der Waals surface area contributed by atoms with Crippen molar-refractivity contribution in [2.45, 2.75) is 52.2 Å². The number of hydrogen-bond acceptors (Lipinski definition) is 4. The SMILES string of the molecule is CC[C@H](O)CN1CCN(C(=O)[C@@H](C(C)C)N2CCCC2)CC1. The van der Waals surface area contributed by atoms with Crippen LogP contribution in [0.3, 0.4) is 0 Å². The zero-order valence-electron chi connectivity index (χ0n) is 14.5. The molecular formula is C17H33N3O2. The van der Waals surface area contributed by atoms with Crippen LogP contribution in [0.25, 0.3) is 0 Å². The summed E-state index contributed by atoms with van der Waals surface area (Å²) in [6, 6.07) is 0.0512. The lowest BCUT2D eigenvalue weighted by atomic mass is 10.0. The molecule has 0 aromatic carbocycles. The average molecular weight is 311 g/mol. The van der Waals surface area contributed by atoms with Gasteiger partial charge in [0.25, 0.3) is 0 Å². The van der Waals surface area contributed by atoms with Crippen molar-refractivity contribution in [1.29, 1.82) is 0 Å². The molecule has 2 fully saturated rings. The van der Waals surface area contributed by atoms with E-state index in [9.17, 15) is 9.90 Å². The molecule has 5 heteroatoms. The van der Waals surface area contributed by atoms with Crippen LogP contribution >= 0.6 is 0 Å². The van der Waals surface area contributed by atoms with E-state index in [2.05, 4.69) is 23.6 Å². The lowest BCUT2D eigenvalue weighted by Gasteiger charge is -2.39. The molecule has 0 spiro atoms. The normalized spacial score (nSPS) is 24.0. The third-order valence-corrected chi connectivity index (χ3v) is 5.04. The minimum atomic E-state index is -0.240. The fourth-order valence-electron chi connectivity index (χ4n) is 3.65. The zero-order valence-corrected chi connectivity index (χ0v) is 14.5. The second-order valence-electron chi connectivity index (χ2n) is 7.12. The van der Waals surface area contributed by atoms with Gasteiger partial charge < -0.3 is 10.0 Å². The van der Waals surface area contributed by atoms with E-state index in [-0.39, 0.29) is 12.1 Å². The molecule has 5 nitrogen and oxygen atoms in total. The van der Waals surface area contributed by atoms with E-state index in [1.54, 1.807) is 0 Å². The second kappa shape index (κ2) is 8.27. The van der Waals surface area contributed by atoms with Crippen molar-refractivity contribution in [2.24, 2.45) is 5.92 Å². The molecule has 22 heavy (non-hydrogen) atoms. The second-order valence-corrected chi connectivity index (χ2v) is 7.12. The number of hydrogen-bond donors (Lipinski definition) is 1. The van der Waals surface area contributed by atoms with Crippen LogP contribution in [-0.2, 0) is 4.79 Å². The summed E-state index contributed by atoms with van der Waals surface area (Å²) in [5.74, 6) is 0.679. The van der Waals surface area contributed by atoms with Crippen molar-refractivity contribution in [2.75, 3.05) is 45.8 Å². The van der Waals surface area contributed by atoms with Crippen LogP contribution in [0.15, 0.2) is 0 Å². The molecule has 2 atom stereocenters. The van der Waals surface area contributed by atoms with Crippen molar-refractivity contribution >= 4 is 5.91 Å². The van der Waals surface area contributed by atoms with Crippen LogP contribution in [0.1, 0.15) is 40.0 Å². The lowest BCUT2D eigenvalue weighted by molar-refractivity contribution is -0.140. The number of amides is 1. The highest BCUT2D eigenvalue weighted by Crippen LogP contribution is 2.20. The quantitative estimate of drug-likeness (QED) is 0.796. The number of carbonyl (C=O) groups is 1. The molecule has 128 valence electrons. The first-order chi connectivity index (χ1) is 10.5. The highest BCUT2D eigenvalue weighted by Gasteiger charge is 2.34. The molecule has 2 rings (SSSR count). The van der Waals surface area contributed by atoms with Gasteiger partial charge in [0.1, 0.15) is 0 Å². The summed E-state index contributed by atoms with van der Waals surface area (Å²) in [5.41, 5.74) is 0. The van der Waals surface area contributed by atoms with E-state index >= 15 is 0 Å². The van der Waals surface area contributed by atoms with Gasteiger partial charge in [-0.05, 0) is 38.3 Å². The van der Waals surface area contributed by atoms with Crippen LogP contribution in [0.5, 0.6) is 0 Å². The third kappa shape index (κ3) is 4.43. The van der Waals surface area contributed by atoms with Gasteiger partial charge >= 0.3 is 0 Å². The maximum atomic E-state index is 12.9. The van der Waals surface area contributed by atoms with Crippen LogP contribution in [0.4, 0.5) is 0 Å². The third-order valence-electron chi connectivity index (χ3n) is 5.04. The van der Waals surface area contributed by atoms with E-state index in [1.807, 2.05) is 11.8 Å². The van der Waals surface area contributed by atoms with Crippen LogP contribution in [0.2, 0.25) is 0 Å². The molecule has 1 amide bonds. The topological polar surface area (TPSA) is 47.0 Å². The van der Waals surface area contributed by atoms with Crippen LogP contribution in [-0.4, -0.2) is 83.7 Å². The molecule has 2 aliphatic rings. The number of aliphatic hydroxyl groups excluding tert-OH is 1. The van der Waals surface area contributed by atoms with Crippen molar-refractivity contribution in [1.82, 2.24) is 14.7 Å². The highest BCUT2D eigenvalue weighted by molar-refractivity contribution is 5.82. The van der Waals surface area contributed by atoms with E-state index in [0.29, 0.717) is 11.8 Å². The summed E-state index contributed by atoms with van der Waals surface area (Å²) in [5, 5.41) is 9.76. The minimum Gasteiger partial charge on any atom is -0.392 e. The Morgan fingerprint density at radius 1 is 1.05 bits per heavy atom. The maximum Gasteiger partial charge on any atom is 0.240 e. The van der Waals surface area contributed by atoms with Gasteiger partial charge in [0.2, 0.25) is 5.91 Å². The predicted molar refractivity (Wildman–Crippen MR) is 88.8 cm³/mol. The first-order valence-corrected chi connectivity index (χ1v) is 8.96. The fraction of sp³-hybridized carbons (Fsp3) is 0.941. The Hall–Kier alpha value is -0.650. The Morgan fingerprint density at radius 3 is 2.14 bits per heavy atom. The predicted octanol–water partition coefficient (Wildman–Crippen LogP) is 1.02. The summed E-state index contributed by atoms with van der Waals surface area (Å²) in [7, 11) is 0. The fourth-order valence-corrected chi connectivity index (χ4v) is 3.65. The molecule has 1 N–H and O–H groups in total. The summed E-state index contributed by atoms with van der Waals surface area (Å²) in [6.45, 7) is 12.6. The lowest BCUT2D eigenvalue weighted by Crippen LogP contribution is -2.56. The van der Waals surface area contributed by atoms with Crippen molar-refractivity contribution in [3.05, 3.63) is 0 Å². The van der Waals surface area contributed by atoms with Gasteiger partial charge in [0.05, 0.1) is 12.1 Å². The Labute approximate surface area is 135 Å². The number of likely N-dealkylation sites (tertiary alicyclic amines) is 1. The molecule has 2 saturated heterocycles. The smallest absolute Gasteiger partial charge is 0.240 e. The molecule has 2 aliphatic heterocycles. The number of β-amino-alcohol motifs (C(OH)–C–C–N with tert-alkyl or cyclic N) is 1. The minimum absolute atomic E-state index is 0.0512. The molecule has 0 unspecified atom stereocenters. The molecule has 0 aromatic rings. The monoisotopic (exact) mass is 311 g/mol. The molecule has 0 aromatic heterocycles. The molecular weight excluding hydrogens is 278 g/mol. The largest absolute Gasteiger partial charge is 0.392 e. The van der Waals surface area contributed by atoms with Gasteiger partial charge in [0.15, 0.2) is 0 Å². The Kier molecular flexibility index (Phi) is 6.66. The Bertz CT molecular complexity index is 348. The summed E-state index contributed by atoms with van der Waals surface area (Å²) in [6.07, 6.45) is 3.00. The van der Waals surface area contributed by atoms with Gasteiger partial charge in [-0.25, -0.2) is 0 Å². The van der Waals surface area contributed by atoms with Crippen LogP contribution < -0.4 is 0 Å². The molecule has 0 saturated carbocycles. The first kappa shape index (κ1) is 17.7. The summed E-state index contributed by atoms with van der Waals surface area (Å²) in [4.78, 5) is 19.6. The van der Waals surface area contributed by atoms with Crippen LogP contribution in [0, 0.1) is 5.92 Å². The van der Waals surface area contributed by atoms with E-state index in [1.165, 1.54) is 12.8 Å². The molecule has 2 heterocycles. The highest BCUT2D eigenvalue weighted by atomic mass is 16.3. The Balaban J connectivity index is 1.87. The molecule has 0 radical (unpaired) electrons. The number of carbonyl (C=O) groups excluding carboxylic acids is 1. The van der Waals surface area contributed by atoms with Gasteiger partial charge in [0, 0.05) is 32.7 Å². The van der Waals surface area contributed by atoms with Gasteiger partial charge in [-0.2, -0.15) is 0 Å². The standard InChI is InChI=1S/C17H33N3O2/c1-4-15(21)13-18-9-11-20(12-10-18)17(22)16(14(2)3)19-7-5-6-8-19/h14-16,21H,4-13H2,1-3H3/t15-,16+/m0/s1. The molecule has 0 bridgehead atoms. The zero-order chi connectivity index (χ0) is 16.1. The number of aliphatic hydroxyl groups is 1. The van der Waals surface area contributed by atoms with Gasteiger partial charge in [-0.3, -0.25) is 14.6 Å². The number of piperazine rings is 1. The van der Waals surface area contributed by atoms with Crippen molar-refractivity contribution < 1.29 is 9.90 Å². The first-order valence-electron chi connectivity index (χ1n) is 8.96. The Morgan fingerprint density at radius 2 is 1.64 bits per heavy atom. The molecule has 0 aliphatic carbocycles. The van der Waals surface area contributed by atoms with E-state index in [0.717, 1.165) is 52.2 Å². The average Bonchev–Trinajstić information content (AvgIpc) is 3.01. The van der Waals surface area contributed by atoms with Gasteiger partial charge in [-0.15, -0.1) is 0 Å². The maximum absolute atomic E-state index is 12.9. The van der Waals surface area contributed by atoms with Gasteiger partial charge in [-0.1, -0.05) is 20.8 Å². The number of rotatable bonds is 6. The summed E-state index contributed by atoms with van der Waals surface area (Å²) < 4.78 is 0. The van der Waals surface area contributed by atoms with Crippen molar-refractivity contribution in [3.8, 4) is 0 Å². The van der Waals surface area contributed by atoms with E-state index < -0.39 is 0 Å².